The van der Waals surface area contributed by atoms with Crippen LogP contribution in [0.15, 0.2) is 84.9 Å². The number of rotatable bonds is 14. The summed E-state index contributed by atoms with van der Waals surface area (Å²) >= 11 is -4.01. The molecule has 0 heterocycles. The molecule has 4 aromatic carbocycles. The zero-order chi connectivity index (χ0) is 35.5. The third-order valence-corrected chi connectivity index (χ3v) is 69.1. The first kappa shape index (κ1) is 37.2. The van der Waals surface area contributed by atoms with Crippen molar-refractivity contribution in [2.45, 2.75) is 122 Å². The predicted octanol–water partition coefficient (Wildman–Crippen LogP) is 15.0. The first-order chi connectivity index (χ1) is 24.1. The zero-order valence-corrected chi connectivity index (χ0v) is 37.1. The third kappa shape index (κ3) is 6.74. The van der Waals surface area contributed by atoms with Gasteiger partial charge in [-0.15, -0.1) is 0 Å². The number of allylic oxidation sites excluding steroid dienone is 2. The number of benzene rings is 4. The van der Waals surface area contributed by atoms with Gasteiger partial charge in [-0.2, -0.15) is 0 Å². The van der Waals surface area contributed by atoms with E-state index in [0.29, 0.717) is 7.35 Å². The van der Waals surface area contributed by atoms with Crippen LogP contribution >= 0.6 is 0 Å². The summed E-state index contributed by atoms with van der Waals surface area (Å²) in [5, 5.41) is 0. The fraction of sp³-hybridized carbons (Fsp3) is 0.417. The van der Waals surface area contributed by atoms with Crippen LogP contribution in [0.1, 0.15) is 117 Å². The van der Waals surface area contributed by atoms with Crippen molar-refractivity contribution < 1.29 is 17.1 Å². The van der Waals surface area contributed by atoms with Crippen molar-refractivity contribution in [2.75, 3.05) is 0 Å². The molecule has 50 heavy (non-hydrogen) atoms. The van der Waals surface area contributed by atoms with Crippen LogP contribution in [0.5, 0.6) is 0 Å². The topological polar surface area (TPSA) is 0 Å². The molecule has 0 N–H and O–H groups in total. The Kier molecular flexibility index (Phi) is 11.6. The third-order valence-electron chi connectivity index (χ3n) is 13.1. The second-order valence-corrected chi connectivity index (χ2v) is 62.6. The van der Waals surface area contributed by atoms with Gasteiger partial charge in [-0.1, -0.05) is 0 Å². The van der Waals surface area contributed by atoms with Crippen LogP contribution in [0, 0.1) is 27.7 Å². The molecule has 0 fully saturated rings. The summed E-state index contributed by atoms with van der Waals surface area (Å²) < 4.78 is 7.11. The number of aryl methyl sites for hydroxylation is 4. The zero-order valence-electron chi connectivity index (χ0n) is 32.5. The van der Waals surface area contributed by atoms with Crippen LogP contribution in [-0.2, 0) is 17.1 Å². The summed E-state index contributed by atoms with van der Waals surface area (Å²) in [4.78, 5) is 0. The molecule has 0 amide bonds. The van der Waals surface area contributed by atoms with Gasteiger partial charge in [0.15, 0.2) is 0 Å². The van der Waals surface area contributed by atoms with Gasteiger partial charge in [0.25, 0.3) is 0 Å². The second kappa shape index (κ2) is 15.6. The second-order valence-electron chi connectivity index (χ2n) is 16.7. The summed E-state index contributed by atoms with van der Waals surface area (Å²) in [5.74, 6) is 0. The summed E-state index contributed by atoms with van der Waals surface area (Å²) in [5.41, 5.74) is 16.9. The van der Waals surface area contributed by atoms with Crippen LogP contribution < -0.4 is 0 Å². The van der Waals surface area contributed by atoms with E-state index in [4.69, 9.17) is 0 Å². The Morgan fingerprint density at radius 1 is 0.500 bits per heavy atom. The molecular weight excluding hydrogens is 783 g/mol. The van der Waals surface area contributed by atoms with Gasteiger partial charge in [-0.05, 0) is 0 Å². The molecule has 0 spiro atoms. The Bertz CT molecular complexity index is 1820. The van der Waals surface area contributed by atoms with E-state index in [2.05, 4.69) is 148 Å². The molecule has 2 aliphatic rings. The Morgan fingerprint density at radius 2 is 0.880 bits per heavy atom. The summed E-state index contributed by atoms with van der Waals surface area (Å²) in [6, 6.07) is 31.3. The Hall–Kier alpha value is -2.55. The average molecular weight is 846 g/mol. The Balaban J connectivity index is 1.59. The standard InChI is InChI=1S/2C17H15.C12H26Si.2CH3.Hf/c2*1-12-6-3-7-13(2)17(12)16-11-5-9-14-8-4-10-15(14)16;1-3-5-7-9-11-13-12-10-8-6-4-2;;;/h2*3-11H,1-2H3;3-12H2,1-2H3;2*1H3;. The van der Waals surface area contributed by atoms with E-state index >= 15 is 0 Å². The van der Waals surface area contributed by atoms with E-state index in [1.165, 1.54) is 119 Å². The van der Waals surface area contributed by atoms with Gasteiger partial charge < -0.3 is 0 Å². The van der Waals surface area contributed by atoms with Gasteiger partial charge in [0.2, 0.25) is 0 Å². The van der Waals surface area contributed by atoms with Crippen LogP contribution in [0.4, 0.5) is 0 Å². The first-order valence-electron chi connectivity index (χ1n) is 19.9. The van der Waals surface area contributed by atoms with Crippen molar-refractivity contribution in [3.8, 4) is 22.3 Å². The molecule has 0 aliphatic heterocycles. The van der Waals surface area contributed by atoms with Crippen molar-refractivity contribution in [1.82, 2.24) is 0 Å². The molecule has 2 atom stereocenters. The molecule has 4 aromatic rings. The van der Waals surface area contributed by atoms with Gasteiger partial charge in [0.1, 0.15) is 0 Å². The molecular formula is C48H62HfSi. The van der Waals surface area contributed by atoms with E-state index in [0.717, 1.165) is 0 Å². The average Bonchev–Trinajstić information content (AvgIpc) is 3.75. The number of fused-ring (bicyclic) bond motifs is 2. The maximum absolute atomic E-state index is 4.01. The van der Waals surface area contributed by atoms with Crippen LogP contribution in [-0.4, -0.2) is 5.49 Å². The van der Waals surface area contributed by atoms with Crippen LogP contribution in [0.25, 0.3) is 34.4 Å². The monoisotopic (exact) mass is 846 g/mol. The number of hydrogen-bond acceptors (Lipinski definition) is 0. The summed E-state index contributed by atoms with van der Waals surface area (Å²) in [7, 11) is 0. The van der Waals surface area contributed by atoms with E-state index in [1.54, 1.807) is 11.1 Å². The van der Waals surface area contributed by atoms with E-state index in [1.807, 2.05) is 0 Å². The van der Waals surface area contributed by atoms with Crippen LogP contribution in [0.3, 0.4) is 0 Å². The van der Waals surface area contributed by atoms with Crippen molar-refractivity contribution in [1.29, 1.82) is 0 Å². The normalized spacial score (nSPS) is 16.6. The van der Waals surface area contributed by atoms with Gasteiger partial charge in [0, 0.05) is 0 Å². The molecule has 0 bridgehead atoms. The molecule has 0 saturated heterocycles. The van der Waals surface area contributed by atoms with Crippen LogP contribution in [0.2, 0.25) is 21.4 Å². The molecule has 0 saturated carbocycles. The molecule has 2 heteroatoms. The molecule has 6 rings (SSSR count). The fourth-order valence-electron chi connectivity index (χ4n) is 10.2. The minimum absolute atomic E-state index is 0.571. The maximum atomic E-state index is 2.98. The van der Waals surface area contributed by atoms with Crippen molar-refractivity contribution in [3.05, 3.63) is 129 Å². The Labute approximate surface area is 306 Å². The molecule has 0 aromatic heterocycles. The molecule has 2 aliphatic carbocycles. The van der Waals surface area contributed by atoms with Gasteiger partial charge in [-0.25, -0.2) is 0 Å². The van der Waals surface area contributed by atoms with Gasteiger partial charge in [0.05, 0.1) is 0 Å². The van der Waals surface area contributed by atoms with Crippen molar-refractivity contribution in [3.63, 3.8) is 0 Å². The van der Waals surface area contributed by atoms with Gasteiger partial charge in [-0.3, -0.25) is 0 Å². The number of hydrogen-bond donors (Lipinski definition) is 0. The SMILES string of the molecule is CCCCCC[Si](CCCCCC)=[Hf]([CH3])([CH3])([CH]1C=Cc2c(-c3c(C)cccc3C)cccc21)[CH]1C=Cc2c(-c3c(C)cccc3C)cccc21. The number of unbranched alkanes of at least 4 members (excludes halogenated alkanes) is 6. The quantitative estimate of drug-likeness (QED) is 0.0876. The molecule has 2 unspecified atom stereocenters. The predicted molar refractivity (Wildman–Crippen MR) is 222 cm³/mol. The fourth-order valence-corrected chi connectivity index (χ4v) is 63.7. The van der Waals surface area contributed by atoms with Gasteiger partial charge >= 0.3 is 308 Å². The Morgan fingerprint density at radius 3 is 1.26 bits per heavy atom. The van der Waals surface area contributed by atoms with E-state index < -0.39 is 22.6 Å². The summed E-state index contributed by atoms with van der Waals surface area (Å²) in [6.07, 6.45) is 21.7. The minimum atomic E-state index is -4.01. The molecule has 0 radical (unpaired) electrons. The van der Waals surface area contributed by atoms with E-state index in [-0.39, 0.29) is 0 Å². The first-order valence-corrected chi connectivity index (χ1v) is 38.5. The summed E-state index contributed by atoms with van der Waals surface area (Å²) in [6.45, 7) is 13.9. The van der Waals surface area contributed by atoms with Crippen molar-refractivity contribution >= 4 is 17.6 Å². The van der Waals surface area contributed by atoms with Crippen molar-refractivity contribution in [2.24, 2.45) is 0 Å². The van der Waals surface area contributed by atoms with E-state index in [9.17, 15) is 0 Å². The molecule has 0 nitrogen and oxygen atoms in total. The molecule has 262 valence electrons.